The first-order chi connectivity index (χ1) is 15.0. The number of carbonyl (C=O) groups excluding carboxylic acids is 2. The number of carbonyl (C=O) groups is 2. The van der Waals surface area contributed by atoms with Crippen LogP contribution in [0.15, 0.2) is 41.1 Å². The third-order valence-electron chi connectivity index (χ3n) is 5.90. The summed E-state index contributed by atoms with van der Waals surface area (Å²) in [6.07, 6.45) is 5.00. The van der Waals surface area contributed by atoms with Crippen molar-refractivity contribution in [3.05, 3.63) is 48.0 Å². The van der Waals surface area contributed by atoms with E-state index in [0.29, 0.717) is 38.2 Å². The molecule has 2 aromatic rings. The van der Waals surface area contributed by atoms with Crippen LogP contribution < -0.4 is 10.2 Å². The summed E-state index contributed by atoms with van der Waals surface area (Å²) in [5.74, 6) is 1.12. The molecule has 8 heteroatoms. The summed E-state index contributed by atoms with van der Waals surface area (Å²) in [6, 6.07) is 7.39. The van der Waals surface area contributed by atoms with E-state index < -0.39 is 0 Å². The van der Waals surface area contributed by atoms with Crippen LogP contribution in [-0.4, -0.2) is 60.1 Å². The van der Waals surface area contributed by atoms with Crippen LogP contribution in [0.4, 0.5) is 5.82 Å². The summed E-state index contributed by atoms with van der Waals surface area (Å²) in [5, 5.41) is 3.02. The van der Waals surface area contributed by atoms with Crippen molar-refractivity contribution in [3.63, 3.8) is 0 Å². The van der Waals surface area contributed by atoms with Gasteiger partial charge in [0.05, 0.1) is 18.5 Å². The molecule has 4 heterocycles. The Morgan fingerprint density at radius 1 is 1.13 bits per heavy atom. The molecule has 4 rings (SSSR count). The van der Waals surface area contributed by atoms with Gasteiger partial charge in [-0.3, -0.25) is 9.59 Å². The first-order valence-corrected chi connectivity index (χ1v) is 11.0. The van der Waals surface area contributed by atoms with Gasteiger partial charge in [-0.1, -0.05) is 6.07 Å². The van der Waals surface area contributed by atoms with Crippen molar-refractivity contribution < 1.29 is 18.7 Å². The molecule has 2 aromatic heterocycles. The van der Waals surface area contributed by atoms with Gasteiger partial charge in [-0.25, -0.2) is 4.98 Å². The third-order valence-corrected chi connectivity index (χ3v) is 5.90. The quantitative estimate of drug-likeness (QED) is 0.790. The normalized spacial score (nSPS) is 22.4. The zero-order chi connectivity index (χ0) is 21.8. The molecule has 2 aliphatic heterocycles. The number of nitrogens with one attached hydrogen (secondary N) is 1. The number of hydrogen-bond donors (Lipinski definition) is 1. The Hall–Kier alpha value is -2.87. The van der Waals surface area contributed by atoms with Gasteiger partial charge in [0.25, 0.3) is 5.91 Å². The fourth-order valence-electron chi connectivity index (χ4n) is 4.31. The Kier molecular flexibility index (Phi) is 6.56. The summed E-state index contributed by atoms with van der Waals surface area (Å²) < 4.78 is 11.0. The number of pyridine rings is 1. The van der Waals surface area contributed by atoms with Gasteiger partial charge < -0.3 is 24.3 Å². The van der Waals surface area contributed by atoms with E-state index in [2.05, 4.69) is 29.0 Å². The number of piperidine rings is 1. The molecule has 0 radical (unpaired) electrons. The molecular weight excluding hydrogens is 396 g/mol. The molecular formula is C23H30N4O4. The van der Waals surface area contributed by atoms with E-state index in [9.17, 15) is 9.59 Å². The highest BCUT2D eigenvalue weighted by Gasteiger charge is 2.28. The van der Waals surface area contributed by atoms with Gasteiger partial charge in [-0.15, -0.1) is 0 Å². The highest BCUT2D eigenvalue weighted by molar-refractivity contribution is 5.91. The SMILES string of the molecule is CC1CN(c2ccc(CNC(=O)C3CCN(C(=O)c4ccco4)CC3)cn2)CC(C)O1. The molecule has 2 atom stereocenters. The van der Waals surface area contributed by atoms with Crippen molar-refractivity contribution in [2.24, 2.45) is 5.92 Å². The van der Waals surface area contributed by atoms with Gasteiger partial charge in [0.1, 0.15) is 5.82 Å². The number of aromatic nitrogens is 1. The molecule has 0 bridgehead atoms. The standard InChI is InChI=1S/C23H30N4O4/c1-16-14-27(15-17(2)31-16)21-6-5-18(12-24-21)13-25-22(28)19-7-9-26(10-8-19)23(29)20-4-3-11-30-20/h3-6,11-12,16-17,19H,7-10,13-15H2,1-2H3,(H,25,28). The van der Waals surface area contributed by atoms with Gasteiger partial charge in [0.2, 0.25) is 5.91 Å². The van der Waals surface area contributed by atoms with E-state index in [0.717, 1.165) is 24.5 Å². The highest BCUT2D eigenvalue weighted by atomic mass is 16.5. The fourth-order valence-corrected chi connectivity index (χ4v) is 4.31. The minimum Gasteiger partial charge on any atom is -0.459 e. The smallest absolute Gasteiger partial charge is 0.289 e. The number of rotatable bonds is 5. The molecule has 0 aliphatic carbocycles. The Bertz CT molecular complexity index is 865. The predicted octanol–water partition coefficient (Wildman–Crippen LogP) is 2.46. The number of morpholine rings is 1. The maximum absolute atomic E-state index is 12.6. The monoisotopic (exact) mass is 426 g/mol. The number of ether oxygens (including phenoxy) is 1. The second-order valence-electron chi connectivity index (χ2n) is 8.45. The van der Waals surface area contributed by atoms with Crippen molar-refractivity contribution >= 4 is 17.6 Å². The molecule has 2 saturated heterocycles. The minimum absolute atomic E-state index is 0.0324. The second-order valence-corrected chi connectivity index (χ2v) is 8.45. The maximum atomic E-state index is 12.6. The van der Waals surface area contributed by atoms with Crippen LogP contribution in [0.5, 0.6) is 0 Å². The van der Waals surface area contributed by atoms with Gasteiger partial charge in [-0.2, -0.15) is 0 Å². The average Bonchev–Trinajstić information content (AvgIpc) is 3.32. The first kappa shape index (κ1) is 21.4. The topological polar surface area (TPSA) is 87.9 Å². The Morgan fingerprint density at radius 3 is 2.48 bits per heavy atom. The summed E-state index contributed by atoms with van der Waals surface area (Å²) in [5.41, 5.74) is 0.969. The maximum Gasteiger partial charge on any atom is 0.289 e. The number of likely N-dealkylation sites (tertiary alicyclic amines) is 1. The molecule has 2 aliphatic rings. The Balaban J connectivity index is 1.23. The van der Waals surface area contributed by atoms with E-state index in [-0.39, 0.29) is 29.9 Å². The number of furan rings is 1. The second kappa shape index (κ2) is 9.51. The Labute approximate surface area is 182 Å². The van der Waals surface area contributed by atoms with Crippen molar-refractivity contribution in [1.82, 2.24) is 15.2 Å². The summed E-state index contributed by atoms with van der Waals surface area (Å²) in [4.78, 5) is 33.5. The molecule has 0 aromatic carbocycles. The largest absolute Gasteiger partial charge is 0.459 e. The lowest BCUT2D eigenvalue weighted by molar-refractivity contribution is -0.126. The van der Waals surface area contributed by atoms with E-state index >= 15 is 0 Å². The first-order valence-electron chi connectivity index (χ1n) is 11.0. The van der Waals surface area contributed by atoms with Gasteiger partial charge in [0, 0.05) is 44.8 Å². The van der Waals surface area contributed by atoms with Gasteiger partial charge >= 0.3 is 0 Å². The van der Waals surface area contributed by atoms with Crippen molar-refractivity contribution in [2.75, 3.05) is 31.1 Å². The molecule has 2 fully saturated rings. The molecule has 166 valence electrons. The molecule has 2 unspecified atom stereocenters. The average molecular weight is 427 g/mol. The van der Waals surface area contributed by atoms with E-state index in [1.54, 1.807) is 17.0 Å². The predicted molar refractivity (Wildman–Crippen MR) is 116 cm³/mol. The van der Waals surface area contributed by atoms with Gasteiger partial charge in [0.15, 0.2) is 5.76 Å². The lowest BCUT2D eigenvalue weighted by Gasteiger charge is -2.36. The fraction of sp³-hybridized carbons (Fsp3) is 0.522. The van der Waals surface area contributed by atoms with Gasteiger partial charge in [-0.05, 0) is 50.5 Å². The highest BCUT2D eigenvalue weighted by Crippen LogP contribution is 2.21. The zero-order valence-corrected chi connectivity index (χ0v) is 18.1. The summed E-state index contributed by atoms with van der Waals surface area (Å²) >= 11 is 0. The van der Waals surface area contributed by atoms with Crippen LogP contribution in [0, 0.1) is 5.92 Å². The zero-order valence-electron chi connectivity index (χ0n) is 18.1. The van der Waals surface area contributed by atoms with E-state index in [1.165, 1.54) is 6.26 Å². The van der Waals surface area contributed by atoms with E-state index in [1.807, 2.05) is 18.3 Å². The molecule has 0 saturated carbocycles. The van der Waals surface area contributed by atoms with Crippen molar-refractivity contribution in [1.29, 1.82) is 0 Å². The van der Waals surface area contributed by atoms with Crippen LogP contribution in [-0.2, 0) is 16.1 Å². The number of nitrogens with zero attached hydrogens (tertiary/aromatic N) is 3. The van der Waals surface area contributed by atoms with E-state index in [4.69, 9.17) is 9.15 Å². The van der Waals surface area contributed by atoms with Crippen LogP contribution >= 0.6 is 0 Å². The van der Waals surface area contributed by atoms with Crippen LogP contribution in [0.1, 0.15) is 42.8 Å². The minimum atomic E-state index is -0.112. The molecule has 1 N–H and O–H groups in total. The van der Waals surface area contributed by atoms with Crippen molar-refractivity contribution in [2.45, 2.75) is 45.4 Å². The summed E-state index contributed by atoms with van der Waals surface area (Å²) in [7, 11) is 0. The van der Waals surface area contributed by atoms with Crippen LogP contribution in [0.3, 0.4) is 0 Å². The lowest BCUT2D eigenvalue weighted by Crippen LogP contribution is -2.45. The number of amides is 2. The Morgan fingerprint density at radius 2 is 1.87 bits per heavy atom. The lowest BCUT2D eigenvalue weighted by atomic mass is 9.95. The number of anilines is 1. The molecule has 0 spiro atoms. The number of hydrogen-bond acceptors (Lipinski definition) is 6. The molecule has 2 amide bonds. The van der Waals surface area contributed by atoms with Crippen LogP contribution in [0.25, 0.3) is 0 Å². The molecule has 8 nitrogen and oxygen atoms in total. The van der Waals surface area contributed by atoms with Crippen molar-refractivity contribution in [3.8, 4) is 0 Å². The molecule has 31 heavy (non-hydrogen) atoms. The van der Waals surface area contributed by atoms with Crippen LogP contribution in [0.2, 0.25) is 0 Å². The summed E-state index contributed by atoms with van der Waals surface area (Å²) in [6.45, 7) is 7.37. The third kappa shape index (κ3) is 5.25.